The highest BCUT2D eigenvalue weighted by Crippen LogP contribution is 2.16. The smallest absolute Gasteiger partial charge is 0.325 e. The van der Waals surface area contributed by atoms with Gasteiger partial charge in [-0.05, 0) is 29.8 Å². The Morgan fingerprint density at radius 1 is 1.26 bits per heavy atom. The van der Waals surface area contributed by atoms with Crippen molar-refractivity contribution < 1.29 is 9.53 Å². The van der Waals surface area contributed by atoms with Gasteiger partial charge in [-0.25, -0.2) is 4.98 Å². The monoisotopic (exact) mass is 353 g/mol. The lowest BCUT2D eigenvalue weighted by Gasteiger charge is -2.22. The first-order chi connectivity index (χ1) is 11.0. The third kappa shape index (κ3) is 5.39. The maximum atomic E-state index is 12.0. The first-order valence-electron chi connectivity index (χ1n) is 6.96. The third-order valence-corrected chi connectivity index (χ3v) is 3.56. The molecule has 2 rings (SSSR count). The Bertz CT molecular complexity index is 647. The Balaban J connectivity index is 1.87. The molecule has 1 atom stereocenters. The Morgan fingerprint density at radius 2 is 1.87 bits per heavy atom. The Hall–Kier alpha value is -1.82. The average molecular weight is 354 g/mol. The second-order valence-corrected chi connectivity index (χ2v) is 5.83. The lowest BCUT2D eigenvalue weighted by atomic mass is 10.2. The highest BCUT2D eigenvalue weighted by molar-refractivity contribution is 6.32. The molecule has 5 nitrogen and oxygen atoms in total. The van der Waals surface area contributed by atoms with Gasteiger partial charge in [0.05, 0.1) is 0 Å². The number of likely N-dealkylation sites (N-methyl/N-ethyl adjacent to an activating group) is 1. The van der Waals surface area contributed by atoms with Gasteiger partial charge in [0.25, 0.3) is 0 Å². The standard InChI is InChI=1S/C16H17Cl2N3O2/c1-21(12-5-3-2-4-6-12)9-13(19)16(22)23-10-11-7-14(17)20-15(18)8-11/h2-8,13H,9-10,19H2,1H3/t13-/m0/s1. The lowest BCUT2D eigenvalue weighted by Crippen LogP contribution is -2.42. The number of nitrogens with two attached hydrogens (primary N) is 1. The molecule has 0 radical (unpaired) electrons. The van der Waals surface area contributed by atoms with Crippen LogP contribution in [0.25, 0.3) is 0 Å². The quantitative estimate of drug-likeness (QED) is 0.638. The predicted octanol–water partition coefficient (Wildman–Crippen LogP) is 2.90. The van der Waals surface area contributed by atoms with Gasteiger partial charge in [-0.15, -0.1) is 0 Å². The number of rotatable bonds is 6. The van der Waals surface area contributed by atoms with Crippen LogP contribution in [0.5, 0.6) is 0 Å². The number of hydrogen-bond acceptors (Lipinski definition) is 5. The SMILES string of the molecule is CN(C[C@H](N)C(=O)OCc1cc(Cl)nc(Cl)c1)c1ccccc1. The number of halogens is 2. The number of aromatic nitrogens is 1. The van der Waals surface area contributed by atoms with Crippen molar-refractivity contribution in [3.05, 3.63) is 58.3 Å². The molecule has 0 bridgehead atoms. The van der Waals surface area contributed by atoms with E-state index in [1.165, 1.54) is 0 Å². The highest BCUT2D eigenvalue weighted by Gasteiger charge is 2.18. The van der Waals surface area contributed by atoms with E-state index >= 15 is 0 Å². The molecule has 122 valence electrons. The minimum Gasteiger partial charge on any atom is -0.460 e. The number of carbonyl (C=O) groups is 1. The molecule has 0 unspecified atom stereocenters. The van der Waals surface area contributed by atoms with E-state index in [2.05, 4.69) is 4.98 Å². The summed E-state index contributed by atoms with van der Waals surface area (Å²) in [6, 6.07) is 12.1. The van der Waals surface area contributed by atoms with Crippen LogP contribution in [0.4, 0.5) is 5.69 Å². The van der Waals surface area contributed by atoms with Crippen molar-refractivity contribution in [1.82, 2.24) is 4.98 Å². The molecule has 1 heterocycles. The topological polar surface area (TPSA) is 68.5 Å². The van der Waals surface area contributed by atoms with Crippen LogP contribution in [0.2, 0.25) is 10.3 Å². The van der Waals surface area contributed by atoms with Gasteiger partial charge in [0, 0.05) is 19.3 Å². The molecule has 0 saturated heterocycles. The normalized spacial score (nSPS) is 11.8. The van der Waals surface area contributed by atoms with E-state index in [9.17, 15) is 4.79 Å². The van der Waals surface area contributed by atoms with Crippen molar-refractivity contribution in [2.24, 2.45) is 5.73 Å². The van der Waals surface area contributed by atoms with Gasteiger partial charge in [-0.2, -0.15) is 0 Å². The summed E-state index contributed by atoms with van der Waals surface area (Å²) >= 11 is 11.6. The molecule has 0 amide bonds. The Morgan fingerprint density at radius 3 is 2.48 bits per heavy atom. The number of pyridine rings is 1. The minimum absolute atomic E-state index is 0.0452. The zero-order chi connectivity index (χ0) is 16.8. The van der Waals surface area contributed by atoms with Gasteiger partial charge in [0.15, 0.2) is 0 Å². The highest BCUT2D eigenvalue weighted by atomic mass is 35.5. The largest absolute Gasteiger partial charge is 0.460 e. The van der Waals surface area contributed by atoms with Crippen molar-refractivity contribution in [2.45, 2.75) is 12.6 Å². The summed E-state index contributed by atoms with van der Waals surface area (Å²) in [5.41, 5.74) is 7.53. The summed E-state index contributed by atoms with van der Waals surface area (Å²) in [6.45, 7) is 0.393. The fourth-order valence-electron chi connectivity index (χ4n) is 2.02. The van der Waals surface area contributed by atoms with E-state index in [1.54, 1.807) is 12.1 Å². The zero-order valence-electron chi connectivity index (χ0n) is 12.6. The second kappa shape index (κ2) is 8.15. The van der Waals surface area contributed by atoms with E-state index in [0.29, 0.717) is 12.1 Å². The van der Waals surface area contributed by atoms with E-state index < -0.39 is 12.0 Å². The summed E-state index contributed by atoms with van der Waals surface area (Å²) in [6.07, 6.45) is 0. The fourth-order valence-corrected chi connectivity index (χ4v) is 2.52. The molecular weight excluding hydrogens is 337 g/mol. The van der Waals surface area contributed by atoms with Gasteiger partial charge >= 0.3 is 5.97 Å². The van der Waals surface area contributed by atoms with Crippen molar-refractivity contribution in [2.75, 3.05) is 18.5 Å². The van der Waals surface area contributed by atoms with Crippen LogP contribution in [0.15, 0.2) is 42.5 Å². The van der Waals surface area contributed by atoms with Gasteiger partial charge < -0.3 is 15.4 Å². The van der Waals surface area contributed by atoms with Gasteiger partial charge in [0.1, 0.15) is 23.0 Å². The fraction of sp³-hybridized carbons (Fsp3) is 0.250. The molecule has 0 aliphatic heterocycles. The number of anilines is 1. The number of nitrogens with zero attached hydrogens (tertiary/aromatic N) is 2. The van der Waals surface area contributed by atoms with Crippen LogP contribution in [0.1, 0.15) is 5.56 Å². The number of ether oxygens (including phenoxy) is 1. The molecule has 0 spiro atoms. The molecule has 23 heavy (non-hydrogen) atoms. The van der Waals surface area contributed by atoms with Crippen LogP contribution in [-0.4, -0.2) is 30.6 Å². The summed E-state index contributed by atoms with van der Waals surface area (Å²) in [4.78, 5) is 17.7. The number of benzene rings is 1. The number of para-hydroxylation sites is 1. The molecule has 2 N–H and O–H groups in total. The van der Waals surface area contributed by atoms with Crippen LogP contribution in [0, 0.1) is 0 Å². The molecule has 1 aromatic carbocycles. The average Bonchev–Trinajstić information content (AvgIpc) is 2.52. The van der Waals surface area contributed by atoms with E-state index in [4.69, 9.17) is 33.7 Å². The molecule has 0 aliphatic rings. The summed E-state index contributed by atoms with van der Waals surface area (Å²) in [7, 11) is 1.87. The zero-order valence-corrected chi connectivity index (χ0v) is 14.1. The maximum absolute atomic E-state index is 12.0. The number of esters is 1. The summed E-state index contributed by atoms with van der Waals surface area (Å²) in [5.74, 6) is -0.489. The second-order valence-electron chi connectivity index (χ2n) is 5.05. The molecule has 0 fully saturated rings. The molecule has 1 aromatic heterocycles. The van der Waals surface area contributed by atoms with Crippen LogP contribution in [-0.2, 0) is 16.1 Å². The third-order valence-electron chi connectivity index (χ3n) is 3.17. The molecule has 2 aromatic rings. The molecular formula is C16H17Cl2N3O2. The first-order valence-corrected chi connectivity index (χ1v) is 7.71. The molecule has 0 aliphatic carbocycles. The first kappa shape index (κ1) is 17.5. The van der Waals surface area contributed by atoms with Crippen LogP contribution in [0.3, 0.4) is 0 Å². The van der Waals surface area contributed by atoms with Gasteiger partial charge in [-0.1, -0.05) is 41.4 Å². The van der Waals surface area contributed by atoms with Crippen LogP contribution < -0.4 is 10.6 Å². The number of carbonyl (C=O) groups excluding carboxylic acids is 1. The molecule has 0 saturated carbocycles. The minimum atomic E-state index is -0.756. The van der Waals surface area contributed by atoms with Crippen molar-refractivity contribution in [3.8, 4) is 0 Å². The van der Waals surface area contributed by atoms with Crippen molar-refractivity contribution in [3.63, 3.8) is 0 Å². The molecule has 7 heteroatoms. The van der Waals surface area contributed by atoms with E-state index in [-0.39, 0.29) is 16.9 Å². The van der Waals surface area contributed by atoms with Gasteiger partial charge in [0.2, 0.25) is 0 Å². The van der Waals surface area contributed by atoms with Crippen molar-refractivity contribution in [1.29, 1.82) is 0 Å². The van der Waals surface area contributed by atoms with Crippen LogP contribution >= 0.6 is 23.2 Å². The van der Waals surface area contributed by atoms with E-state index in [1.807, 2.05) is 42.3 Å². The Labute approximate surface area is 145 Å². The summed E-state index contributed by atoms with van der Waals surface area (Å²) in [5, 5.41) is 0.494. The van der Waals surface area contributed by atoms with Gasteiger partial charge in [-0.3, -0.25) is 4.79 Å². The maximum Gasteiger partial charge on any atom is 0.325 e. The van der Waals surface area contributed by atoms with Crippen molar-refractivity contribution >= 4 is 34.9 Å². The summed E-state index contributed by atoms with van der Waals surface area (Å²) < 4.78 is 5.20. The Kier molecular flexibility index (Phi) is 6.21. The van der Waals surface area contributed by atoms with E-state index in [0.717, 1.165) is 5.69 Å². The number of hydrogen-bond donors (Lipinski definition) is 1. The lowest BCUT2D eigenvalue weighted by molar-refractivity contribution is -0.146. The predicted molar refractivity (Wildman–Crippen MR) is 91.7 cm³/mol.